The van der Waals surface area contributed by atoms with E-state index in [-0.39, 0.29) is 16.8 Å². The van der Waals surface area contributed by atoms with Gasteiger partial charge >= 0.3 is 5.97 Å². The summed E-state index contributed by atoms with van der Waals surface area (Å²) in [6, 6.07) is 6.71. The molecule has 1 aromatic carbocycles. The predicted octanol–water partition coefficient (Wildman–Crippen LogP) is 3.37. The zero-order chi connectivity index (χ0) is 16.1. The summed E-state index contributed by atoms with van der Waals surface area (Å²) in [5, 5.41) is 8.98. The van der Waals surface area contributed by atoms with Crippen LogP contribution in [0.2, 0.25) is 0 Å². The third-order valence-corrected chi connectivity index (χ3v) is 4.41. The molecule has 4 heteroatoms. The molecular weight excluding hydrogens is 278 g/mol. The minimum absolute atomic E-state index is 0.0499. The molecule has 1 N–H and O–H groups in total. The second-order valence-corrected chi connectivity index (χ2v) is 7.09. The predicted molar refractivity (Wildman–Crippen MR) is 84.3 cm³/mol. The summed E-state index contributed by atoms with van der Waals surface area (Å²) in [7, 11) is 0. The molecule has 1 aliphatic carbocycles. The minimum Gasteiger partial charge on any atom is -0.478 e. The van der Waals surface area contributed by atoms with E-state index in [1.54, 1.807) is 24.3 Å². The van der Waals surface area contributed by atoms with Crippen LogP contribution >= 0.6 is 0 Å². The first-order valence-corrected chi connectivity index (χ1v) is 7.39. The van der Waals surface area contributed by atoms with Crippen LogP contribution in [0, 0.1) is 5.41 Å². The SMILES string of the molecule is CC1(C)CC(=O)C2=CC(C)(c3ccc(C(=O)O)cc3)N=C2C1. The number of allylic oxidation sites excluding steroid dienone is 1. The summed E-state index contributed by atoms with van der Waals surface area (Å²) in [5.41, 5.74) is 2.14. The largest absolute Gasteiger partial charge is 0.478 e. The number of carbonyl (C=O) groups is 2. The number of Topliss-reactive ketones (excluding diaryl/α,β-unsaturated/α-hetero) is 1. The molecule has 0 bridgehead atoms. The van der Waals surface area contributed by atoms with Crippen molar-refractivity contribution in [3.05, 3.63) is 47.0 Å². The van der Waals surface area contributed by atoms with Crippen molar-refractivity contribution in [2.75, 3.05) is 0 Å². The van der Waals surface area contributed by atoms with Crippen LogP contribution in [0.4, 0.5) is 0 Å². The minimum atomic E-state index is -0.946. The normalized spacial score (nSPS) is 26.2. The van der Waals surface area contributed by atoms with Crippen molar-refractivity contribution in [3.63, 3.8) is 0 Å². The third kappa shape index (κ3) is 2.39. The highest BCUT2D eigenvalue weighted by molar-refractivity contribution is 6.25. The van der Waals surface area contributed by atoms with Gasteiger partial charge in [-0.3, -0.25) is 9.79 Å². The molecule has 0 radical (unpaired) electrons. The number of rotatable bonds is 2. The van der Waals surface area contributed by atoms with E-state index in [4.69, 9.17) is 10.1 Å². The highest BCUT2D eigenvalue weighted by Gasteiger charge is 2.41. The molecule has 4 nitrogen and oxygen atoms in total. The van der Waals surface area contributed by atoms with E-state index in [2.05, 4.69) is 13.8 Å². The van der Waals surface area contributed by atoms with Gasteiger partial charge in [0.2, 0.25) is 0 Å². The summed E-state index contributed by atoms with van der Waals surface area (Å²) < 4.78 is 0. The van der Waals surface area contributed by atoms with Gasteiger partial charge in [0.15, 0.2) is 5.78 Å². The molecule has 0 amide bonds. The first-order chi connectivity index (χ1) is 10.2. The van der Waals surface area contributed by atoms with Crippen molar-refractivity contribution in [2.24, 2.45) is 10.4 Å². The molecule has 1 aromatic rings. The maximum Gasteiger partial charge on any atom is 0.335 e. The zero-order valence-corrected chi connectivity index (χ0v) is 13.0. The van der Waals surface area contributed by atoms with E-state index in [9.17, 15) is 9.59 Å². The Morgan fingerprint density at radius 3 is 2.36 bits per heavy atom. The number of carboxylic acids is 1. The molecule has 0 aromatic heterocycles. The molecule has 1 unspecified atom stereocenters. The summed E-state index contributed by atoms with van der Waals surface area (Å²) >= 11 is 0. The van der Waals surface area contributed by atoms with E-state index < -0.39 is 11.5 Å². The molecule has 2 aliphatic rings. The van der Waals surface area contributed by atoms with Gasteiger partial charge in [0.25, 0.3) is 0 Å². The number of hydrogen-bond donors (Lipinski definition) is 1. The fourth-order valence-corrected chi connectivity index (χ4v) is 3.26. The molecule has 0 saturated heterocycles. The molecule has 114 valence electrons. The molecule has 1 aliphatic heterocycles. The lowest BCUT2D eigenvalue weighted by Crippen LogP contribution is -2.30. The summed E-state index contributed by atoms with van der Waals surface area (Å²) in [4.78, 5) is 28.1. The Bertz CT molecular complexity index is 725. The Hall–Kier alpha value is -2.23. The fourth-order valence-electron chi connectivity index (χ4n) is 3.26. The van der Waals surface area contributed by atoms with Gasteiger partial charge in [-0.15, -0.1) is 0 Å². The number of benzene rings is 1. The molecular formula is C18H19NO3. The molecule has 22 heavy (non-hydrogen) atoms. The number of fused-ring (bicyclic) bond motifs is 1. The number of aliphatic imine (C=N–C) groups is 1. The van der Waals surface area contributed by atoms with Crippen LogP contribution < -0.4 is 0 Å². The van der Waals surface area contributed by atoms with Crippen molar-refractivity contribution in [1.82, 2.24) is 0 Å². The lowest BCUT2D eigenvalue weighted by Gasteiger charge is -2.29. The molecule has 1 fully saturated rings. The van der Waals surface area contributed by atoms with Gasteiger partial charge in [-0.2, -0.15) is 0 Å². The number of nitrogens with zero attached hydrogens (tertiary/aromatic N) is 1. The monoisotopic (exact) mass is 297 g/mol. The zero-order valence-electron chi connectivity index (χ0n) is 13.0. The van der Waals surface area contributed by atoms with E-state index in [1.165, 1.54) is 0 Å². The van der Waals surface area contributed by atoms with Gasteiger partial charge in [0, 0.05) is 17.7 Å². The van der Waals surface area contributed by atoms with E-state index >= 15 is 0 Å². The topological polar surface area (TPSA) is 66.7 Å². The summed E-state index contributed by atoms with van der Waals surface area (Å²) in [5.74, 6) is -0.792. The van der Waals surface area contributed by atoms with Gasteiger partial charge < -0.3 is 5.11 Å². The van der Waals surface area contributed by atoms with Crippen LogP contribution in [-0.2, 0) is 10.3 Å². The molecule has 3 rings (SSSR count). The fraction of sp³-hybridized carbons (Fsp3) is 0.389. The Balaban J connectivity index is 2.00. The van der Waals surface area contributed by atoms with Crippen LogP contribution in [0.15, 0.2) is 40.9 Å². The molecule has 0 spiro atoms. The molecule has 1 saturated carbocycles. The smallest absolute Gasteiger partial charge is 0.335 e. The first kappa shape index (κ1) is 14.7. The second kappa shape index (κ2) is 4.63. The first-order valence-electron chi connectivity index (χ1n) is 7.39. The second-order valence-electron chi connectivity index (χ2n) is 7.09. The average Bonchev–Trinajstić information content (AvgIpc) is 2.76. The van der Waals surface area contributed by atoms with Crippen LogP contribution in [0.1, 0.15) is 49.5 Å². The molecule has 1 atom stereocenters. The van der Waals surface area contributed by atoms with Crippen LogP contribution in [0.25, 0.3) is 0 Å². The van der Waals surface area contributed by atoms with E-state index in [1.807, 2.05) is 13.0 Å². The van der Waals surface area contributed by atoms with Crippen molar-refractivity contribution >= 4 is 17.5 Å². The van der Waals surface area contributed by atoms with Crippen LogP contribution in [0.3, 0.4) is 0 Å². The Morgan fingerprint density at radius 2 is 1.77 bits per heavy atom. The van der Waals surface area contributed by atoms with Crippen molar-refractivity contribution in [1.29, 1.82) is 0 Å². The van der Waals surface area contributed by atoms with Gasteiger partial charge in [0.1, 0.15) is 5.54 Å². The quantitative estimate of drug-likeness (QED) is 0.910. The number of ketones is 1. The Labute approximate surface area is 129 Å². The highest BCUT2D eigenvalue weighted by atomic mass is 16.4. The number of aromatic carboxylic acids is 1. The van der Waals surface area contributed by atoms with Crippen molar-refractivity contribution in [3.8, 4) is 0 Å². The van der Waals surface area contributed by atoms with Gasteiger partial charge in [-0.25, -0.2) is 4.79 Å². The Morgan fingerprint density at radius 1 is 1.14 bits per heavy atom. The number of carboxylic acid groups (broad SMARTS) is 1. The summed E-state index contributed by atoms with van der Waals surface area (Å²) in [6.07, 6.45) is 3.27. The van der Waals surface area contributed by atoms with E-state index in [0.29, 0.717) is 6.42 Å². The van der Waals surface area contributed by atoms with Crippen molar-refractivity contribution < 1.29 is 14.7 Å². The standard InChI is InChI=1S/C18H19NO3/c1-17(2)9-14-13(15(20)10-17)8-18(3,19-14)12-6-4-11(5-7-12)16(21)22/h4-8H,9-10H2,1-3H3,(H,21,22). The number of hydrogen-bond acceptors (Lipinski definition) is 3. The highest BCUT2D eigenvalue weighted by Crippen LogP contribution is 2.42. The lowest BCUT2D eigenvalue weighted by atomic mass is 9.74. The van der Waals surface area contributed by atoms with Crippen LogP contribution in [-0.4, -0.2) is 22.6 Å². The number of carbonyl (C=O) groups excluding carboxylic acids is 1. The van der Waals surface area contributed by atoms with Gasteiger partial charge in [-0.05, 0) is 42.5 Å². The average molecular weight is 297 g/mol. The molecule has 1 heterocycles. The van der Waals surface area contributed by atoms with Crippen LogP contribution in [0.5, 0.6) is 0 Å². The Kier molecular flexibility index (Phi) is 3.09. The van der Waals surface area contributed by atoms with Crippen molar-refractivity contribution in [2.45, 2.75) is 39.2 Å². The van der Waals surface area contributed by atoms with Gasteiger partial charge in [-0.1, -0.05) is 26.0 Å². The van der Waals surface area contributed by atoms with Gasteiger partial charge in [0.05, 0.1) is 5.56 Å². The lowest BCUT2D eigenvalue weighted by molar-refractivity contribution is -0.117. The maximum atomic E-state index is 12.3. The maximum absolute atomic E-state index is 12.3. The summed E-state index contributed by atoms with van der Waals surface area (Å²) in [6.45, 7) is 6.13. The third-order valence-electron chi connectivity index (χ3n) is 4.41. The van der Waals surface area contributed by atoms with E-state index in [0.717, 1.165) is 23.3 Å².